The molecule has 17 heteroatoms. The van der Waals surface area contributed by atoms with Gasteiger partial charge in [0.05, 0.1) is 17.6 Å². The summed E-state index contributed by atoms with van der Waals surface area (Å²) in [4.78, 5) is 82.7. The molecule has 61 heavy (non-hydrogen) atoms. The van der Waals surface area contributed by atoms with E-state index in [2.05, 4.69) is 38.6 Å². The molecular formula is C44H64N8O7SW. The van der Waals surface area contributed by atoms with Crippen LogP contribution in [0.5, 0.6) is 5.75 Å². The Morgan fingerprint density at radius 2 is 1.56 bits per heavy atom. The number of nitrogens with two attached hydrogens (primary N) is 2. The van der Waals surface area contributed by atoms with E-state index in [1.54, 1.807) is 44.3 Å². The van der Waals surface area contributed by atoms with E-state index in [4.69, 9.17) is 17.6 Å². The van der Waals surface area contributed by atoms with E-state index in [-0.39, 0.29) is 52.0 Å². The first-order chi connectivity index (χ1) is 29.3. The predicted octanol–water partition coefficient (Wildman–Crippen LogP) is 2.80. The summed E-state index contributed by atoms with van der Waals surface area (Å²) in [6, 6.07) is 10.9. The first-order valence-corrected chi connectivity index (χ1v) is 21.7. The molecule has 0 aliphatic heterocycles. The van der Waals surface area contributed by atoms with Gasteiger partial charge in [-0.05, 0) is 80.7 Å². The SMILES string of the molecule is [3H][CH-]C(=O)[C@H](CCCCSC[C@H](N[CH2-])C(=O)N[C@@H](Cc1ccc(OCCN)cc1)C(=O)N[C@@H](Cc1c[nH]c2ccccc12)C(=O)N[C@@](C)(CCCCN)C(=O)CC)NC(C)=O.[W+2]. The Labute approximate surface area is 380 Å². The number of carbonyl (C=O) groups is 6. The predicted molar refractivity (Wildman–Crippen MR) is 237 cm³/mol. The topological polar surface area (TPSA) is 240 Å². The van der Waals surface area contributed by atoms with Gasteiger partial charge < -0.3 is 59.5 Å². The molecule has 2 aromatic carbocycles. The van der Waals surface area contributed by atoms with Crippen molar-refractivity contribution in [3.05, 3.63) is 79.8 Å². The van der Waals surface area contributed by atoms with Gasteiger partial charge in [-0.15, -0.1) is 0 Å². The summed E-state index contributed by atoms with van der Waals surface area (Å²) in [6.45, 7) is 6.58. The molecule has 0 spiro atoms. The third-order valence-corrected chi connectivity index (χ3v) is 11.3. The minimum atomic E-state index is -1.19. The number of para-hydroxylation sites is 1. The van der Waals surface area contributed by atoms with Crippen LogP contribution in [0.2, 0.25) is 0 Å². The average molecular weight is 1030 g/mol. The second kappa shape index (κ2) is 27.7. The number of hydrogen-bond acceptors (Lipinski definition) is 11. The number of thioether (sulfide) groups is 1. The number of H-pyrrole nitrogens is 1. The third-order valence-electron chi connectivity index (χ3n) is 10.2. The number of aromatic nitrogens is 1. The van der Waals surface area contributed by atoms with E-state index in [1.807, 2.05) is 24.3 Å². The molecule has 3 aromatic rings. The molecule has 0 aliphatic carbocycles. The Balaban J connectivity index is 0.0000132. The van der Waals surface area contributed by atoms with E-state index in [0.717, 1.165) is 16.5 Å². The molecule has 0 radical (unpaired) electrons. The van der Waals surface area contributed by atoms with Crippen molar-refractivity contribution in [2.45, 2.75) is 108 Å². The number of benzene rings is 2. The summed E-state index contributed by atoms with van der Waals surface area (Å²) >= 11 is 1.48. The van der Waals surface area contributed by atoms with Gasteiger partial charge in [-0.1, -0.05) is 43.7 Å². The first-order valence-electron chi connectivity index (χ1n) is 21.1. The van der Waals surface area contributed by atoms with Crippen LogP contribution in [-0.4, -0.2) is 101 Å². The summed E-state index contributed by atoms with van der Waals surface area (Å²) in [5.74, 6) is -1.05. The van der Waals surface area contributed by atoms with Crippen LogP contribution in [0.15, 0.2) is 54.7 Å². The Morgan fingerprint density at radius 1 is 0.869 bits per heavy atom. The maximum Gasteiger partial charge on any atom is 2.00 e. The summed E-state index contributed by atoms with van der Waals surface area (Å²) in [6.07, 6.45) is 5.50. The molecule has 3 rings (SSSR count). The van der Waals surface area contributed by atoms with Gasteiger partial charge in [-0.25, -0.2) is 0 Å². The maximum atomic E-state index is 14.5. The Kier molecular flexibility index (Phi) is 23.2. The molecule has 0 aliphatic rings. The molecule has 0 fully saturated rings. The third kappa shape index (κ3) is 17.6. The molecule has 0 bridgehead atoms. The molecule has 5 atom stereocenters. The van der Waals surface area contributed by atoms with Gasteiger partial charge in [0.25, 0.3) is 0 Å². The molecular weight excluding hydrogens is 968 g/mol. The molecule has 0 saturated carbocycles. The van der Waals surface area contributed by atoms with Crippen molar-refractivity contribution >= 4 is 57.9 Å². The van der Waals surface area contributed by atoms with E-state index in [1.165, 1.54) is 18.7 Å². The molecule has 1 aromatic heterocycles. The minimum absolute atomic E-state index is 0. The van der Waals surface area contributed by atoms with Gasteiger partial charge in [0, 0.05) is 61.4 Å². The molecule has 1 heterocycles. The zero-order valence-corrected chi connectivity index (χ0v) is 39.3. The normalized spacial score (nSPS) is 14.2. The Hall–Kier alpha value is -4.21. The van der Waals surface area contributed by atoms with Crippen LogP contribution in [0.3, 0.4) is 0 Å². The van der Waals surface area contributed by atoms with Crippen LogP contribution >= 0.6 is 11.8 Å². The fourth-order valence-electron chi connectivity index (χ4n) is 6.77. The van der Waals surface area contributed by atoms with Gasteiger partial charge in [0.15, 0.2) is 5.78 Å². The zero-order valence-electron chi connectivity index (χ0n) is 36.5. The monoisotopic (exact) mass is 1030 g/mol. The smallest absolute Gasteiger partial charge is 0.492 e. The molecule has 4 amide bonds. The number of aromatic amines is 1. The van der Waals surface area contributed by atoms with Crippen LogP contribution in [-0.2, 0) is 62.7 Å². The fourth-order valence-corrected chi connectivity index (χ4v) is 7.85. The van der Waals surface area contributed by atoms with Crippen LogP contribution in [0, 0.1) is 13.9 Å². The second-order valence-corrected chi connectivity index (χ2v) is 16.1. The van der Waals surface area contributed by atoms with Crippen LogP contribution in [0.4, 0.5) is 0 Å². The van der Waals surface area contributed by atoms with Crippen molar-refractivity contribution < 1.29 is 55.9 Å². The number of hydrogen-bond donors (Lipinski definition) is 8. The molecule has 0 saturated heterocycles. The number of unbranched alkanes of at least 4 members (excludes halogenated alkanes) is 2. The Morgan fingerprint density at radius 3 is 2.20 bits per heavy atom. The quantitative estimate of drug-likeness (QED) is 0.0357. The number of ether oxygens (including phenoxy) is 1. The standard InChI is InChI=1S/C44H64N8O7S.W/c1-6-40(55)44(4,20-10-11-21-45)52-43(58)38(26-32-27-48-36-15-8-7-13-34(32)36)51-41(56)37(25-31-16-18-33(19-17-31)59-23-22-46)50-42(57)39(47-5)28-60-24-12-9-14-35(29(2)53)49-30(3)54;/h7-8,13,15-19,27,35,37-39,47-48H,2,5-6,9-12,14,20-26,28,45-46H2,1,3-4H3,(H,49,54)(H,50,57)(H,51,56)(H,52,58);/q-2;+2/t35-,37-,38-,39-,44-;/m0./s1/i2T;. The Bertz CT molecular complexity index is 1890. The number of nitrogens with one attached hydrogen (secondary N) is 6. The number of carbonyl (C=O) groups excluding carboxylic acids is 6. The van der Waals surface area contributed by atoms with Crippen LogP contribution in [0.1, 0.15) is 78.2 Å². The number of rotatable bonds is 30. The minimum Gasteiger partial charge on any atom is -0.492 e. The first kappa shape index (κ1) is 51.1. The van der Waals surface area contributed by atoms with Crippen molar-refractivity contribution in [3.8, 4) is 5.75 Å². The van der Waals surface area contributed by atoms with E-state index in [0.29, 0.717) is 87.9 Å². The molecule has 15 nitrogen and oxygen atoms in total. The second-order valence-electron chi connectivity index (χ2n) is 15.0. The van der Waals surface area contributed by atoms with Gasteiger partial charge >= 0.3 is 21.1 Å². The van der Waals surface area contributed by atoms with Crippen LogP contribution in [0.25, 0.3) is 10.9 Å². The average Bonchev–Trinajstić information content (AvgIpc) is 3.66. The molecule has 334 valence electrons. The number of Topliss-reactive ketones (excluding diaryl/α,β-unsaturated/α-hetero) is 2. The molecule has 10 N–H and O–H groups in total. The van der Waals surface area contributed by atoms with Crippen molar-refractivity contribution in [2.75, 3.05) is 31.2 Å². The van der Waals surface area contributed by atoms with Crippen molar-refractivity contribution in [1.29, 1.82) is 0 Å². The number of amides is 4. The summed E-state index contributed by atoms with van der Waals surface area (Å²) in [7, 11) is 3.76. The fraction of sp³-hybridized carbons (Fsp3) is 0.500. The van der Waals surface area contributed by atoms with Gasteiger partial charge in [0.2, 0.25) is 23.6 Å². The maximum absolute atomic E-state index is 14.5. The largest absolute Gasteiger partial charge is 2.00 e. The van der Waals surface area contributed by atoms with Crippen molar-refractivity contribution in [3.63, 3.8) is 0 Å². The van der Waals surface area contributed by atoms with Gasteiger partial charge in [-0.2, -0.15) is 13.1 Å². The van der Waals surface area contributed by atoms with E-state index < -0.39 is 53.2 Å². The van der Waals surface area contributed by atoms with Gasteiger partial charge in [-0.3, -0.25) is 31.0 Å². The van der Waals surface area contributed by atoms with Crippen LogP contribution < -0.4 is 42.8 Å². The van der Waals surface area contributed by atoms with E-state index in [9.17, 15) is 28.8 Å². The van der Waals surface area contributed by atoms with E-state index >= 15 is 0 Å². The zero-order chi connectivity index (χ0) is 44.8. The van der Waals surface area contributed by atoms with Gasteiger partial charge in [0.1, 0.15) is 24.4 Å². The summed E-state index contributed by atoms with van der Waals surface area (Å²) in [5, 5.41) is 15.1. The molecule has 0 unspecified atom stereocenters. The summed E-state index contributed by atoms with van der Waals surface area (Å²) in [5.41, 5.74) is 12.5. The summed E-state index contributed by atoms with van der Waals surface area (Å²) < 4.78 is 12.9. The van der Waals surface area contributed by atoms with Crippen molar-refractivity contribution in [1.82, 2.24) is 31.6 Å². The van der Waals surface area contributed by atoms with Crippen molar-refractivity contribution in [2.24, 2.45) is 11.5 Å². The number of ketones is 2. The number of fused-ring (bicyclic) bond motifs is 1.